The summed E-state index contributed by atoms with van der Waals surface area (Å²) >= 11 is 0. The van der Waals surface area contributed by atoms with Crippen molar-refractivity contribution in [2.75, 3.05) is 5.73 Å². The predicted molar refractivity (Wildman–Crippen MR) is 76.6 cm³/mol. The van der Waals surface area contributed by atoms with E-state index in [4.69, 9.17) is 5.73 Å². The minimum Gasteiger partial charge on any atom is -0.399 e. The molecular weight excluding hydrogens is 274 g/mol. The van der Waals surface area contributed by atoms with Gasteiger partial charge in [-0.15, -0.1) is 0 Å². The molecule has 21 heavy (non-hydrogen) atoms. The number of amides is 1. The van der Waals surface area contributed by atoms with Crippen LogP contribution in [0.25, 0.3) is 0 Å². The van der Waals surface area contributed by atoms with Gasteiger partial charge in [-0.2, -0.15) is 0 Å². The van der Waals surface area contributed by atoms with Crippen molar-refractivity contribution < 1.29 is 9.72 Å². The first kappa shape index (κ1) is 14.5. The molecule has 0 bridgehead atoms. The van der Waals surface area contributed by atoms with Gasteiger partial charge in [-0.3, -0.25) is 14.9 Å². The van der Waals surface area contributed by atoms with Crippen molar-refractivity contribution in [1.29, 1.82) is 0 Å². The summed E-state index contributed by atoms with van der Waals surface area (Å²) in [5.74, 6) is 0.0367. The van der Waals surface area contributed by atoms with Gasteiger partial charge in [0.1, 0.15) is 11.4 Å². The number of H-pyrrole nitrogens is 1. The number of hydrogen-bond acceptors (Lipinski definition) is 5. The van der Waals surface area contributed by atoms with Gasteiger partial charge in [-0.05, 0) is 18.6 Å². The van der Waals surface area contributed by atoms with Crippen LogP contribution in [0.4, 0.5) is 11.4 Å². The number of anilines is 1. The lowest BCUT2D eigenvalue weighted by Gasteiger charge is -2.14. The number of imidazole rings is 1. The molecule has 8 heteroatoms. The lowest BCUT2D eigenvalue weighted by molar-refractivity contribution is -0.385. The quantitative estimate of drug-likeness (QED) is 0.439. The number of nitrogens with two attached hydrogens (primary N) is 1. The first-order valence-electron chi connectivity index (χ1n) is 6.37. The molecule has 0 aliphatic carbocycles. The van der Waals surface area contributed by atoms with Crippen molar-refractivity contribution >= 4 is 17.3 Å². The van der Waals surface area contributed by atoms with E-state index in [1.54, 1.807) is 12.4 Å². The Morgan fingerprint density at radius 2 is 2.33 bits per heavy atom. The average Bonchev–Trinajstić information content (AvgIpc) is 2.98. The molecule has 1 atom stereocenters. The van der Waals surface area contributed by atoms with Crippen molar-refractivity contribution in [2.24, 2.45) is 0 Å². The maximum absolute atomic E-state index is 12.3. The fourth-order valence-corrected chi connectivity index (χ4v) is 1.96. The minimum absolute atomic E-state index is 0.0648. The van der Waals surface area contributed by atoms with E-state index in [2.05, 4.69) is 15.3 Å². The van der Waals surface area contributed by atoms with E-state index >= 15 is 0 Å². The highest BCUT2D eigenvalue weighted by molar-refractivity contribution is 5.99. The molecule has 1 aromatic heterocycles. The lowest BCUT2D eigenvalue weighted by atomic mass is 10.1. The highest BCUT2D eigenvalue weighted by Crippen LogP contribution is 2.22. The Kier molecular flexibility index (Phi) is 4.17. The number of nitrogens with zero attached hydrogens (tertiary/aromatic N) is 2. The summed E-state index contributed by atoms with van der Waals surface area (Å²) in [5, 5.41) is 13.7. The van der Waals surface area contributed by atoms with Crippen LogP contribution in [0.15, 0.2) is 30.6 Å². The van der Waals surface area contributed by atoms with Crippen molar-refractivity contribution in [2.45, 2.75) is 19.4 Å². The van der Waals surface area contributed by atoms with Crippen molar-refractivity contribution in [1.82, 2.24) is 15.3 Å². The number of nitro benzene ring substituents is 1. The zero-order valence-corrected chi connectivity index (χ0v) is 11.4. The first-order valence-corrected chi connectivity index (χ1v) is 6.37. The van der Waals surface area contributed by atoms with E-state index in [-0.39, 0.29) is 23.0 Å². The van der Waals surface area contributed by atoms with Crippen molar-refractivity contribution in [3.63, 3.8) is 0 Å². The van der Waals surface area contributed by atoms with Gasteiger partial charge in [0.15, 0.2) is 0 Å². The second-order valence-corrected chi connectivity index (χ2v) is 4.44. The zero-order valence-electron chi connectivity index (χ0n) is 11.4. The number of hydrogen-bond donors (Lipinski definition) is 3. The van der Waals surface area contributed by atoms with E-state index in [9.17, 15) is 14.9 Å². The monoisotopic (exact) mass is 289 g/mol. The topological polar surface area (TPSA) is 127 Å². The number of carbonyl (C=O) groups excluding carboxylic acids is 1. The molecule has 0 aliphatic heterocycles. The molecule has 0 radical (unpaired) electrons. The fraction of sp³-hybridized carbons (Fsp3) is 0.231. The SMILES string of the molecule is CCC(NC(=O)c1cc(N)ccc1[N+](=O)[O-])c1ncc[nH]1. The van der Waals surface area contributed by atoms with Crippen LogP contribution in [0, 0.1) is 10.1 Å². The number of aromatic amines is 1. The number of rotatable bonds is 5. The van der Waals surface area contributed by atoms with Crippen LogP contribution >= 0.6 is 0 Å². The molecule has 1 amide bonds. The van der Waals surface area contributed by atoms with Gasteiger partial charge in [0, 0.05) is 24.1 Å². The number of carbonyl (C=O) groups is 1. The van der Waals surface area contributed by atoms with Crippen molar-refractivity contribution in [3.8, 4) is 0 Å². The molecule has 0 saturated heterocycles. The molecule has 0 fully saturated rings. The molecule has 2 rings (SSSR count). The third kappa shape index (κ3) is 3.16. The molecule has 1 unspecified atom stereocenters. The molecule has 8 nitrogen and oxygen atoms in total. The van der Waals surface area contributed by atoms with Gasteiger partial charge >= 0.3 is 0 Å². The first-order chi connectivity index (χ1) is 10.0. The second-order valence-electron chi connectivity index (χ2n) is 4.44. The standard InChI is InChI=1S/C13H15N5O3/c1-2-10(12-15-5-6-16-12)17-13(19)9-7-8(14)3-4-11(9)18(20)21/h3-7,10H,2,14H2,1H3,(H,15,16)(H,17,19). The van der Waals surface area contributed by atoms with Gasteiger partial charge in [-0.1, -0.05) is 6.92 Å². The van der Waals surface area contributed by atoms with Crippen LogP contribution in [0.5, 0.6) is 0 Å². The number of benzene rings is 1. The largest absolute Gasteiger partial charge is 0.399 e. The van der Waals surface area contributed by atoms with Crippen molar-refractivity contribution in [3.05, 3.63) is 52.1 Å². The number of nitrogen functional groups attached to an aromatic ring is 1. The number of nitrogens with one attached hydrogen (secondary N) is 2. The van der Waals surface area contributed by atoms with Gasteiger partial charge in [0.05, 0.1) is 11.0 Å². The van der Waals surface area contributed by atoms with Crippen LogP contribution in [-0.2, 0) is 0 Å². The summed E-state index contributed by atoms with van der Waals surface area (Å²) < 4.78 is 0. The Labute approximate surface area is 120 Å². The summed E-state index contributed by atoms with van der Waals surface area (Å²) in [5.41, 5.74) is 5.54. The van der Waals surface area contributed by atoms with Crippen LogP contribution in [0.2, 0.25) is 0 Å². The van der Waals surface area contributed by atoms with Gasteiger partial charge < -0.3 is 16.0 Å². The molecule has 110 valence electrons. The molecule has 0 aliphatic rings. The third-order valence-electron chi connectivity index (χ3n) is 3.02. The molecule has 4 N–H and O–H groups in total. The summed E-state index contributed by atoms with van der Waals surface area (Å²) in [4.78, 5) is 29.6. The summed E-state index contributed by atoms with van der Waals surface area (Å²) in [6, 6.07) is 3.55. The lowest BCUT2D eigenvalue weighted by Crippen LogP contribution is -2.29. The normalized spacial score (nSPS) is 11.9. The maximum Gasteiger partial charge on any atom is 0.282 e. The third-order valence-corrected chi connectivity index (χ3v) is 3.02. The van der Waals surface area contributed by atoms with E-state index in [0.29, 0.717) is 12.2 Å². The van der Waals surface area contributed by atoms with E-state index in [1.807, 2.05) is 6.92 Å². The maximum atomic E-state index is 12.3. The summed E-state index contributed by atoms with van der Waals surface area (Å²) in [6.07, 6.45) is 3.82. The van der Waals surface area contributed by atoms with E-state index < -0.39 is 10.8 Å². The Morgan fingerprint density at radius 3 is 2.90 bits per heavy atom. The Bertz CT molecular complexity index is 654. The highest BCUT2D eigenvalue weighted by atomic mass is 16.6. The number of aromatic nitrogens is 2. The van der Waals surface area contributed by atoms with Gasteiger partial charge in [0.2, 0.25) is 0 Å². The highest BCUT2D eigenvalue weighted by Gasteiger charge is 2.23. The van der Waals surface area contributed by atoms with Gasteiger partial charge in [0.25, 0.3) is 11.6 Å². The molecule has 0 saturated carbocycles. The van der Waals surface area contributed by atoms with E-state index in [1.165, 1.54) is 18.2 Å². The van der Waals surface area contributed by atoms with Crippen LogP contribution in [0.1, 0.15) is 35.6 Å². The Balaban J connectivity index is 2.27. The fourth-order valence-electron chi connectivity index (χ4n) is 1.96. The minimum atomic E-state index is -0.609. The second kappa shape index (κ2) is 6.04. The summed E-state index contributed by atoms with van der Waals surface area (Å²) in [6.45, 7) is 1.88. The van der Waals surface area contributed by atoms with Crippen LogP contribution < -0.4 is 11.1 Å². The Hall–Kier alpha value is -2.90. The zero-order chi connectivity index (χ0) is 15.4. The molecule has 1 heterocycles. The average molecular weight is 289 g/mol. The molecule has 0 spiro atoms. The molecule has 2 aromatic rings. The Morgan fingerprint density at radius 1 is 1.57 bits per heavy atom. The molecular formula is C13H15N5O3. The smallest absolute Gasteiger partial charge is 0.282 e. The summed E-state index contributed by atoms with van der Waals surface area (Å²) in [7, 11) is 0. The predicted octanol–water partition coefficient (Wildman–Crippen LogP) is 1.78. The molecule has 1 aromatic carbocycles. The van der Waals surface area contributed by atoms with Crippen LogP contribution in [0.3, 0.4) is 0 Å². The van der Waals surface area contributed by atoms with E-state index in [0.717, 1.165) is 0 Å². The van der Waals surface area contributed by atoms with Gasteiger partial charge in [-0.25, -0.2) is 4.98 Å². The van der Waals surface area contributed by atoms with Crippen LogP contribution in [-0.4, -0.2) is 20.8 Å². The number of nitro groups is 1.